The lowest BCUT2D eigenvalue weighted by Crippen LogP contribution is -2.24. The van der Waals surface area contributed by atoms with Crippen LogP contribution >= 0.6 is 11.3 Å². The molecule has 0 saturated carbocycles. The molecule has 6 heteroatoms. The Morgan fingerprint density at radius 1 is 0.909 bits per heavy atom. The normalized spacial score (nSPS) is 13.5. The number of nitrogens with zero attached hydrogens (tertiary/aromatic N) is 3. The van der Waals surface area contributed by atoms with Gasteiger partial charge in [0, 0.05) is 5.69 Å². The fourth-order valence-electron chi connectivity index (χ4n) is 3.81. The van der Waals surface area contributed by atoms with Gasteiger partial charge in [0.25, 0.3) is 5.56 Å². The van der Waals surface area contributed by atoms with Crippen LogP contribution in [0.15, 0.2) is 47.3 Å². The van der Waals surface area contributed by atoms with Gasteiger partial charge in [-0.3, -0.25) is 4.79 Å². The van der Waals surface area contributed by atoms with Crippen LogP contribution in [0, 0.1) is 0 Å². The lowest BCUT2D eigenvalue weighted by molar-refractivity contribution is 0.572. The van der Waals surface area contributed by atoms with Gasteiger partial charge in [-0.1, -0.05) is 89.3 Å². The van der Waals surface area contributed by atoms with Crippen LogP contribution in [0.25, 0.3) is 23.2 Å². The van der Waals surface area contributed by atoms with Crippen molar-refractivity contribution in [2.45, 2.75) is 52.4 Å². The number of fused-ring (bicyclic) bond motifs is 1. The lowest BCUT2D eigenvalue weighted by Gasteiger charge is -2.28. The van der Waals surface area contributed by atoms with Crippen molar-refractivity contribution in [3.63, 3.8) is 0 Å². The van der Waals surface area contributed by atoms with Gasteiger partial charge >= 0.3 is 0 Å². The molecule has 0 saturated heterocycles. The molecule has 4 aromatic rings. The largest absolute Gasteiger partial charge is 0.398 e. The molecular formula is C27H30N4OS. The molecular weight excluding hydrogens is 428 g/mol. The van der Waals surface area contributed by atoms with E-state index in [0.717, 1.165) is 27.9 Å². The second-order valence-electron chi connectivity index (χ2n) is 10.4. The summed E-state index contributed by atoms with van der Waals surface area (Å²) in [4.78, 5) is 18.1. The SMILES string of the molecule is CC(C)(C)c1cc(/C=c2\sc3nc(/C=C/c4ccccc4)nn3c2=O)cc(C(C)(C)C)c1N. The summed E-state index contributed by atoms with van der Waals surface area (Å²) in [5.74, 6) is 0.520. The van der Waals surface area contributed by atoms with Crippen molar-refractivity contribution in [2.24, 2.45) is 0 Å². The lowest BCUT2D eigenvalue weighted by atomic mass is 9.78. The number of hydrogen-bond acceptors (Lipinski definition) is 5. The number of benzene rings is 2. The summed E-state index contributed by atoms with van der Waals surface area (Å²) in [6.07, 6.45) is 5.68. The van der Waals surface area contributed by atoms with Crippen molar-refractivity contribution >= 4 is 40.2 Å². The molecule has 33 heavy (non-hydrogen) atoms. The molecule has 4 rings (SSSR count). The Balaban J connectivity index is 1.78. The average molecular weight is 459 g/mol. The zero-order valence-corrected chi connectivity index (χ0v) is 20.8. The smallest absolute Gasteiger partial charge is 0.291 e. The fourth-order valence-corrected chi connectivity index (χ4v) is 4.72. The van der Waals surface area contributed by atoms with Crippen molar-refractivity contribution in [3.05, 3.63) is 85.4 Å². The van der Waals surface area contributed by atoms with Gasteiger partial charge in [-0.2, -0.15) is 9.50 Å². The summed E-state index contributed by atoms with van der Waals surface area (Å²) < 4.78 is 1.99. The Hall–Kier alpha value is -3.25. The van der Waals surface area contributed by atoms with Crippen LogP contribution < -0.4 is 15.8 Å². The molecule has 2 heterocycles. The summed E-state index contributed by atoms with van der Waals surface area (Å²) in [5.41, 5.74) is 11.2. The highest BCUT2D eigenvalue weighted by Crippen LogP contribution is 2.37. The fraction of sp³-hybridized carbons (Fsp3) is 0.296. The molecule has 5 nitrogen and oxygen atoms in total. The van der Waals surface area contributed by atoms with Crippen LogP contribution in [0.4, 0.5) is 5.69 Å². The number of hydrogen-bond donors (Lipinski definition) is 1. The van der Waals surface area contributed by atoms with Crippen LogP contribution in [0.5, 0.6) is 0 Å². The van der Waals surface area contributed by atoms with E-state index in [1.54, 1.807) is 0 Å². The minimum atomic E-state index is -0.159. The van der Waals surface area contributed by atoms with Gasteiger partial charge in [-0.25, -0.2) is 0 Å². The molecule has 0 unspecified atom stereocenters. The zero-order chi connectivity index (χ0) is 24.0. The first-order valence-corrected chi connectivity index (χ1v) is 11.8. The molecule has 0 fully saturated rings. The zero-order valence-electron chi connectivity index (χ0n) is 20.0. The van der Waals surface area contributed by atoms with E-state index in [2.05, 4.69) is 63.8 Å². The molecule has 0 spiro atoms. The van der Waals surface area contributed by atoms with Gasteiger partial charge in [0.2, 0.25) is 4.96 Å². The van der Waals surface area contributed by atoms with E-state index in [4.69, 9.17) is 5.73 Å². The van der Waals surface area contributed by atoms with Crippen LogP contribution in [0.3, 0.4) is 0 Å². The maximum absolute atomic E-state index is 13.0. The average Bonchev–Trinajstić information content (AvgIpc) is 3.25. The van der Waals surface area contributed by atoms with Gasteiger partial charge in [0.15, 0.2) is 5.82 Å². The molecule has 0 aliphatic carbocycles. The van der Waals surface area contributed by atoms with Crippen molar-refractivity contribution in [2.75, 3.05) is 5.73 Å². The van der Waals surface area contributed by atoms with Gasteiger partial charge in [-0.15, -0.1) is 5.10 Å². The van der Waals surface area contributed by atoms with Crippen molar-refractivity contribution < 1.29 is 0 Å². The standard InChI is InChI=1S/C27H30N4OS/c1-26(2,3)19-14-18(15-20(23(19)28)27(4,5)6)16-21-24(32)31-25(33-21)29-22(30-31)13-12-17-10-8-7-9-11-17/h7-16H,28H2,1-6H3/b13-12+,21-16-. The molecule has 0 aliphatic rings. The molecule has 0 aliphatic heterocycles. The number of thiazole rings is 1. The van der Waals surface area contributed by atoms with Crippen LogP contribution in [0.2, 0.25) is 0 Å². The summed E-state index contributed by atoms with van der Waals surface area (Å²) in [5, 5.41) is 4.39. The third-order valence-electron chi connectivity index (χ3n) is 5.54. The van der Waals surface area contributed by atoms with E-state index in [-0.39, 0.29) is 16.4 Å². The number of nitrogen functional groups attached to an aromatic ring is 1. The van der Waals surface area contributed by atoms with E-state index in [9.17, 15) is 4.79 Å². The van der Waals surface area contributed by atoms with Gasteiger partial charge in [0.1, 0.15) is 0 Å². The molecule has 2 N–H and O–H groups in total. The number of rotatable bonds is 3. The molecule has 0 atom stereocenters. The third kappa shape index (κ3) is 4.76. The molecule has 0 amide bonds. The summed E-state index contributed by atoms with van der Waals surface area (Å²) in [6, 6.07) is 14.1. The number of anilines is 1. The van der Waals surface area contributed by atoms with E-state index in [1.807, 2.05) is 48.6 Å². The molecule has 2 aromatic carbocycles. The van der Waals surface area contributed by atoms with E-state index < -0.39 is 0 Å². The van der Waals surface area contributed by atoms with Gasteiger partial charge < -0.3 is 5.73 Å². The number of nitrogens with two attached hydrogens (primary N) is 1. The summed E-state index contributed by atoms with van der Waals surface area (Å²) in [7, 11) is 0. The molecule has 170 valence electrons. The first-order chi connectivity index (χ1) is 15.4. The Morgan fingerprint density at radius 3 is 2.06 bits per heavy atom. The monoisotopic (exact) mass is 458 g/mol. The quantitative estimate of drug-likeness (QED) is 0.436. The second-order valence-corrected chi connectivity index (χ2v) is 11.4. The highest BCUT2D eigenvalue weighted by molar-refractivity contribution is 7.15. The number of aromatic nitrogens is 3. The molecule has 0 radical (unpaired) electrons. The predicted octanol–water partition coefficient (Wildman–Crippen LogP) is 5.05. The first-order valence-electron chi connectivity index (χ1n) is 11.0. The highest BCUT2D eigenvalue weighted by atomic mass is 32.1. The minimum Gasteiger partial charge on any atom is -0.398 e. The maximum Gasteiger partial charge on any atom is 0.291 e. The molecule has 0 bridgehead atoms. The maximum atomic E-state index is 13.0. The second kappa shape index (κ2) is 8.27. The Bertz CT molecular complexity index is 1410. The molecule has 2 aromatic heterocycles. The van der Waals surface area contributed by atoms with E-state index >= 15 is 0 Å². The van der Waals surface area contributed by atoms with Crippen LogP contribution in [0.1, 0.15) is 69.6 Å². The van der Waals surface area contributed by atoms with E-state index in [1.165, 1.54) is 15.9 Å². The Kier molecular flexibility index (Phi) is 5.74. The Labute approximate surface area is 198 Å². The van der Waals surface area contributed by atoms with E-state index in [0.29, 0.717) is 15.3 Å². The first kappa shape index (κ1) is 22.9. The predicted molar refractivity (Wildman–Crippen MR) is 140 cm³/mol. The highest BCUT2D eigenvalue weighted by Gasteiger charge is 2.25. The van der Waals surface area contributed by atoms with Gasteiger partial charge in [0.05, 0.1) is 4.53 Å². The van der Waals surface area contributed by atoms with Crippen molar-refractivity contribution in [3.8, 4) is 0 Å². The van der Waals surface area contributed by atoms with Crippen LogP contribution in [-0.4, -0.2) is 14.6 Å². The Morgan fingerprint density at radius 2 is 1.52 bits per heavy atom. The van der Waals surface area contributed by atoms with Crippen molar-refractivity contribution in [1.82, 2.24) is 14.6 Å². The summed E-state index contributed by atoms with van der Waals surface area (Å²) in [6.45, 7) is 12.9. The van der Waals surface area contributed by atoms with Gasteiger partial charge in [-0.05, 0) is 57.4 Å². The summed E-state index contributed by atoms with van der Waals surface area (Å²) >= 11 is 1.35. The van der Waals surface area contributed by atoms with Crippen LogP contribution in [-0.2, 0) is 10.8 Å². The third-order valence-corrected chi connectivity index (χ3v) is 6.50. The topological polar surface area (TPSA) is 73.3 Å². The minimum absolute atomic E-state index is 0.111. The van der Waals surface area contributed by atoms with Crippen molar-refractivity contribution in [1.29, 1.82) is 0 Å².